The van der Waals surface area contributed by atoms with Crippen LogP contribution in [0, 0.1) is 18.6 Å². The summed E-state index contributed by atoms with van der Waals surface area (Å²) >= 11 is 0. The number of aryl methyl sites for hydroxylation is 1. The summed E-state index contributed by atoms with van der Waals surface area (Å²) in [6, 6.07) is -0.456. The van der Waals surface area contributed by atoms with E-state index >= 15 is 8.78 Å². The van der Waals surface area contributed by atoms with Gasteiger partial charge in [-0.1, -0.05) is 0 Å². The number of aromatic nitrogens is 1. The second-order valence-electron chi connectivity index (χ2n) is 10.1. The van der Waals surface area contributed by atoms with Gasteiger partial charge in [0.25, 0.3) is 0 Å². The van der Waals surface area contributed by atoms with Crippen LogP contribution in [0.2, 0.25) is 0 Å². The Hall–Kier alpha value is -3.17. The van der Waals surface area contributed by atoms with Crippen LogP contribution in [-0.2, 0) is 4.74 Å². The second-order valence-corrected chi connectivity index (χ2v) is 10.1. The Morgan fingerprint density at radius 2 is 1.82 bits per heavy atom. The number of likely N-dealkylation sites (N-methyl/N-ethyl adjacent to an activating group) is 1. The van der Waals surface area contributed by atoms with E-state index in [4.69, 9.17) is 4.74 Å². The van der Waals surface area contributed by atoms with Crippen LogP contribution in [0.3, 0.4) is 0 Å². The SMILES string of the molecule is Cc1c(F)c(N2CCC(N(C)C(=O)OC(C)(C)C)C2)c(F)c2c1c(=O)c(C(=O)O)cn2C1CC1. The van der Waals surface area contributed by atoms with Crippen LogP contribution in [0.5, 0.6) is 0 Å². The first-order valence-electron chi connectivity index (χ1n) is 11.3. The van der Waals surface area contributed by atoms with E-state index in [2.05, 4.69) is 0 Å². The summed E-state index contributed by atoms with van der Waals surface area (Å²) in [5, 5.41) is 9.21. The van der Waals surface area contributed by atoms with E-state index in [1.165, 1.54) is 21.3 Å². The van der Waals surface area contributed by atoms with E-state index in [1.54, 1.807) is 27.8 Å². The molecule has 2 fully saturated rings. The van der Waals surface area contributed by atoms with Crippen molar-refractivity contribution < 1.29 is 28.2 Å². The van der Waals surface area contributed by atoms with Crippen LogP contribution in [0.15, 0.2) is 11.0 Å². The van der Waals surface area contributed by atoms with Gasteiger partial charge in [-0.15, -0.1) is 0 Å². The van der Waals surface area contributed by atoms with Crippen molar-refractivity contribution in [2.75, 3.05) is 25.0 Å². The number of fused-ring (bicyclic) bond motifs is 1. The fraction of sp³-hybridized carbons (Fsp3) is 0.542. The number of ether oxygens (including phenoxy) is 1. The molecular weight excluding hydrogens is 448 g/mol. The maximum Gasteiger partial charge on any atom is 0.410 e. The number of halogens is 2. The molecule has 1 saturated carbocycles. The number of hydrogen-bond acceptors (Lipinski definition) is 5. The van der Waals surface area contributed by atoms with Crippen molar-refractivity contribution >= 4 is 28.7 Å². The highest BCUT2D eigenvalue weighted by atomic mass is 19.1. The van der Waals surface area contributed by atoms with Crippen molar-refractivity contribution in [2.24, 2.45) is 0 Å². The van der Waals surface area contributed by atoms with Gasteiger partial charge in [-0.25, -0.2) is 18.4 Å². The fourth-order valence-electron chi connectivity index (χ4n) is 4.52. The van der Waals surface area contributed by atoms with Gasteiger partial charge in [0, 0.05) is 37.9 Å². The Kier molecular flexibility index (Phi) is 5.81. The molecule has 0 spiro atoms. The summed E-state index contributed by atoms with van der Waals surface area (Å²) in [7, 11) is 1.60. The summed E-state index contributed by atoms with van der Waals surface area (Å²) in [5.41, 5.74) is -2.49. The van der Waals surface area contributed by atoms with Gasteiger partial charge in [-0.05, 0) is 47.0 Å². The first-order valence-corrected chi connectivity index (χ1v) is 11.3. The molecule has 184 valence electrons. The number of pyridine rings is 1. The molecular formula is C24H29F2N3O5. The molecule has 0 radical (unpaired) electrons. The molecule has 4 rings (SSSR count). The van der Waals surface area contributed by atoms with E-state index < -0.39 is 40.3 Å². The maximum atomic E-state index is 15.9. The Labute approximate surface area is 195 Å². The average Bonchev–Trinajstić information content (AvgIpc) is 3.47. The molecule has 1 aliphatic heterocycles. The molecule has 2 aliphatic rings. The van der Waals surface area contributed by atoms with Gasteiger partial charge in [0.05, 0.1) is 16.9 Å². The van der Waals surface area contributed by atoms with Crippen LogP contribution in [0.25, 0.3) is 10.9 Å². The lowest BCUT2D eigenvalue weighted by Crippen LogP contribution is -2.42. The van der Waals surface area contributed by atoms with Gasteiger partial charge in [0.15, 0.2) is 11.6 Å². The van der Waals surface area contributed by atoms with Crippen molar-refractivity contribution in [1.82, 2.24) is 9.47 Å². The zero-order valence-corrected chi connectivity index (χ0v) is 19.9. The molecule has 1 aromatic carbocycles. The smallest absolute Gasteiger partial charge is 0.410 e. The average molecular weight is 478 g/mol. The summed E-state index contributed by atoms with van der Waals surface area (Å²) in [5.74, 6) is -3.22. The number of benzene rings is 1. The fourth-order valence-corrected chi connectivity index (χ4v) is 4.52. The standard InChI is InChI=1S/C24H29F2N3O5/c1-12-16-19(29(13-6-7-13)11-15(21(16)30)22(31)32)18(26)20(17(12)25)28-9-8-14(10-28)27(5)23(33)34-24(2,3)4/h11,13-14H,6-10H2,1-5H3,(H,31,32). The van der Waals surface area contributed by atoms with Crippen LogP contribution in [0.1, 0.15) is 62.0 Å². The summed E-state index contributed by atoms with van der Waals surface area (Å²) in [6.07, 6.45) is 2.57. The third kappa shape index (κ3) is 4.10. The van der Waals surface area contributed by atoms with Gasteiger partial charge in [0.2, 0.25) is 5.43 Å². The molecule has 8 nitrogen and oxygen atoms in total. The lowest BCUT2D eigenvalue weighted by Gasteiger charge is -2.29. The lowest BCUT2D eigenvalue weighted by atomic mass is 10.0. The Morgan fingerprint density at radius 1 is 1.18 bits per heavy atom. The molecule has 10 heteroatoms. The normalized spacial score (nSPS) is 18.4. The molecule has 1 atom stereocenters. The molecule has 1 N–H and O–H groups in total. The monoisotopic (exact) mass is 477 g/mol. The number of carboxylic acids is 1. The molecule has 34 heavy (non-hydrogen) atoms. The van der Waals surface area contributed by atoms with Crippen molar-refractivity contribution in [3.05, 3.63) is 39.2 Å². The van der Waals surface area contributed by atoms with Gasteiger partial charge in [-0.2, -0.15) is 0 Å². The molecule has 2 heterocycles. The third-order valence-corrected chi connectivity index (χ3v) is 6.44. The van der Waals surface area contributed by atoms with Crippen LogP contribution < -0.4 is 10.3 Å². The summed E-state index contributed by atoms with van der Waals surface area (Å²) in [4.78, 5) is 39.9. The van der Waals surface area contributed by atoms with Crippen molar-refractivity contribution in [1.29, 1.82) is 0 Å². The third-order valence-electron chi connectivity index (χ3n) is 6.44. The number of rotatable bonds is 4. The van der Waals surface area contributed by atoms with Crippen LogP contribution >= 0.6 is 0 Å². The number of carboxylic acid groups (broad SMARTS) is 1. The largest absolute Gasteiger partial charge is 0.477 e. The highest BCUT2D eigenvalue weighted by molar-refractivity contribution is 5.95. The van der Waals surface area contributed by atoms with Gasteiger partial charge in [-0.3, -0.25) is 4.79 Å². The first kappa shape index (κ1) is 24.0. The van der Waals surface area contributed by atoms with E-state index in [0.29, 0.717) is 25.8 Å². The van der Waals surface area contributed by atoms with Gasteiger partial charge in [0.1, 0.15) is 16.9 Å². The Bertz CT molecular complexity index is 1250. The highest BCUT2D eigenvalue weighted by Gasteiger charge is 2.36. The lowest BCUT2D eigenvalue weighted by molar-refractivity contribution is 0.0237. The second kappa shape index (κ2) is 8.25. The minimum Gasteiger partial charge on any atom is -0.477 e. The quantitative estimate of drug-likeness (QED) is 0.714. The number of hydrogen-bond donors (Lipinski definition) is 1. The number of nitrogens with zero attached hydrogens (tertiary/aromatic N) is 3. The maximum absolute atomic E-state index is 15.9. The molecule has 1 amide bonds. The minimum absolute atomic E-state index is 0.0738. The van der Waals surface area contributed by atoms with Crippen molar-refractivity contribution in [3.8, 4) is 0 Å². The summed E-state index contributed by atoms with van der Waals surface area (Å²) in [6.45, 7) is 7.14. The van der Waals surface area contributed by atoms with Crippen molar-refractivity contribution in [3.63, 3.8) is 0 Å². The number of anilines is 1. The van der Waals surface area contributed by atoms with Crippen LogP contribution in [-0.4, -0.2) is 58.4 Å². The molecule has 1 saturated heterocycles. The Balaban J connectivity index is 1.77. The first-order chi connectivity index (χ1) is 15.8. The van der Waals surface area contributed by atoms with Gasteiger partial charge >= 0.3 is 12.1 Å². The molecule has 0 bridgehead atoms. The molecule has 1 aliphatic carbocycles. The number of carbonyl (C=O) groups excluding carboxylic acids is 1. The number of amides is 1. The zero-order chi connectivity index (χ0) is 25.1. The number of carbonyl (C=O) groups is 2. The van der Waals surface area contributed by atoms with E-state index in [9.17, 15) is 19.5 Å². The van der Waals surface area contributed by atoms with Crippen molar-refractivity contribution in [2.45, 2.75) is 64.6 Å². The predicted octanol–water partition coefficient (Wildman–Crippen LogP) is 4.07. The highest BCUT2D eigenvalue weighted by Crippen LogP contribution is 2.41. The molecule has 1 unspecified atom stereocenters. The minimum atomic E-state index is -1.43. The van der Waals surface area contributed by atoms with E-state index in [-0.39, 0.29) is 40.8 Å². The van der Waals surface area contributed by atoms with Gasteiger partial charge < -0.3 is 24.2 Å². The summed E-state index contributed by atoms with van der Waals surface area (Å²) < 4.78 is 38.3. The zero-order valence-electron chi connectivity index (χ0n) is 19.9. The predicted molar refractivity (Wildman–Crippen MR) is 123 cm³/mol. The Morgan fingerprint density at radius 3 is 2.38 bits per heavy atom. The van der Waals surface area contributed by atoms with E-state index in [0.717, 1.165) is 6.20 Å². The van der Waals surface area contributed by atoms with E-state index in [1.807, 2.05) is 0 Å². The molecule has 2 aromatic rings. The topological polar surface area (TPSA) is 92.1 Å². The van der Waals surface area contributed by atoms with Crippen LogP contribution in [0.4, 0.5) is 19.3 Å². The number of aromatic carboxylic acids is 1. The molecule has 1 aromatic heterocycles.